The minimum atomic E-state index is -0.289. The highest BCUT2D eigenvalue weighted by molar-refractivity contribution is 7.17. The van der Waals surface area contributed by atoms with Gasteiger partial charge in [-0.1, -0.05) is 30.3 Å². The van der Waals surface area contributed by atoms with Crippen LogP contribution in [0.4, 0.5) is 4.39 Å². The molecule has 0 aliphatic rings. The Balaban J connectivity index is 1.58. The quantitative estimate of drug-likeness (QED) is 0.611. The van der Waals surface area contributed by atoms with Crippen molar-refractivity contribution in [1.82, 2.24) is 10.2 Å². The van der Waals surface area contributed by atoms with Gasteiger partial charge in [0.1, 0.15) is 18.2 Å². The third-order valence-electron chi connectivity index (χ3n) is 4.13. The second-order valence-electron chi connectivity index (χ2n) is 6.63. The Kier molecular flexibility index (Phi) is 6.79. The highest BCUT2D eigenvalue weighted by atomic mass is 32.1. The van der Waals surface area contributed by atoms with Crippen LogP contribution in [-0.4, -0.2) is 38.1 Å². The van der Waals surface area contributed by atoms with Crippen molar-refractivity contribution in [2.75, 3.05) is 27.2 Å². The molecule has 0 radical (unpaired) electrons. The molecule has 0 aliphatic heterocycles. The van der Waals surface area contributed by atoms with E-state index in [4.69, 9.17) is 4.74 Å². The van der Waals surface area contributed by atoms with Crippen molar-refractivity contribution in [2.24, 2.45) is 0 Å². The van der Waals surface area contributed by atoms with Crippen LogP contribution in [0.1, 0.15) is 15.2 Å². The van der Waals surface area contributed by atoms with Gasteiger partial charge in [0.25, 0.3) is 5.91 Å². The molecule has 2 aromatic carbocycles. The van der Waals surface area contributed by atoms with Gasteiger partial charge in [-0.25, -0.2) is 4.39 Å². The number of carbonyl (C=O) groups excluding carboxylic acids is 1. The van der Waals surface area contributed by atoms with E-state index in [9.17, 15) is 9.18 Å². The van der Waals surface area contributed by atoms with Crippen LogP contribution < -0.4 is 10.1 Å². The number of carbonyl (C=O) groups is 1. The number of ether oxygens (including phenoxy) is 1. The number of amides is 1. The monoisotopic (exact) mass is 398 g/mol. The van der Waals surface area contributed by atoms with Crippen molar-refractivity contribution in [2.45, 2.75) is 6.54 Å². The molecule has 4 nitrogen and oxygen atoms in total. The van der Waals surface area contributed by atoms with E-state index in [0.29, 0.717) is 23.6 Å². The highest BCUT2D eigenvalue weighted by Crippen LogP contribution is 2.30. The molecule has 1 N–H and O–H groups in total. The third-order valence-corrected chi connectivity index (χ3v) is 5.25. The van der Waals surface area contributed by atoms with Crippen molar-refractivity contribution in [3.63, 3.8) is 0 Å². The molecule has 0 spiro atoms. The minimum Gasteiger partial charge on any atom is -0.492 e. The summed E-state index contributed by atoms with van der Waals surface area (Å²) in [5.41, 5.74) is 1.47. The van der Waals surface area contributed by atoms with Crippen molar-refractivity contribution in [3.05, 3.63) is 76.9 Å². The first-order valence-corrected chi connectivity index (χ1v) is 9.84. The number of rotatable bonds is 8. The van der Waals surface area contributed by atoms with Gasteiger partial charge in [-0.15, -0.1) is 11.3 Å². The van der Waals surface area contributed by atoms with Crippen LogP contribution >= 0.6 is 11.3 Å². The Morgan fingerprint density at radius 1 is 1.11 bits per heavy atom. The largest absolute Gasteiger partial charge is 0.492 e. The van der Waals surface area contributed by atoms with E-state index in [1.54, 1.807) is 30.3 Å². The lowest BCUT2D eigenvalue weighted by Gasteiger charge is -2.12. The van der Waals surface area contributed by atoms with Gasteiger partial charge < -0.3 is 15.0 Å². The molecule has 0 saturated carbocycles. The van der Waals surface area contributed by atoms with Crippen LogP contribution in [-0.2, 0) is 6.54 Å². The maximum Gasteiger partial charge on any atom is 0.261 e. The summed E-state index contributed by atoms with van der Waals surface area (Å²) in [7, 11) is 4.00. The number of likely N-dealkylation sites (N-methyl/N-ethyl adjacent to an activating group) is 1. The van der Waals surface area contributed by atoms with E-state index >= 15 is 0 Å². The number of benzene rings is 2. The summed E-state index contributed by atoms with van der Waals surface area (Å²) in [6.07, 6.45) is 0. The molecule has 0 bridgehead atoms. The van der Waals surface area contributed by atoms with Crippen LogP contribution in [0.25, 0.3) is 10.4 Å². The summed E-state index contributed by atoms with van der Waals surface area (Å²) in [6, 6.07) is 17.7. The average molecular weight is 399 g/mol. The van der Waals surface area contributed by atoms with Gasteiger partial charge in [0.2, 0.25) is 0 Å². The second kappa shape index (κ2) is 9.48. The van der Waals surface area contributed by atoms with Gasteiger partial charge in [-0.2, -0.15) is 0 Å². The SMILES string of the molecule is CN(C)CCOc1cccc(CNC(=O)c2ccc(-c3ccccc3F)s2)c1. The van der Waals surface area contributed by atoms with Crippen LogP contribution in [0.3, 0.4) is 0 Å². The molecule has 28 heavy (non-hydrogen) atoms. The molecular formula is C22H23FN2O2S. The molecule has 1 aromatic heterocycles. The zero-order valence-corrected chi connectivity index (χ0v) is 16.8. The van der Waals surface area contributed by atoms with Crippen LogP contribution in [0.2, 0.25) is 0 Å². The van der Waals surface area contributed by atoms with Gasteiger partial charge in [0.15, 0.2) is 0 Å². The van der Waals surface area contributed by atoms with Gasteiger partial charge in [-0.3, -0.25) is 4.79 Å². The standard InChI is InChI=1S/C22H23FN2O2S/c1-25(2)12-13-27-17-7-5-6-16(14-17)15-24-22(26)21-11-10-20(28-21)18-8-3-4-9-19(18)23/h3-11,14H,12-13,15H2,1-2H3,(H,24,26). The summed E-state index contributed by atoms with van der Waals surface area (Å²) in [5, 5.41) is 2.91. The topological polar surface area (TPSA) is 41.6 Å². The molecule has 3 rings (SSSR count). The molecular weight excluding hydrogens is 375 g/mol. The summed E-state index contributed by atoms with van der Waals surface area (Å²) in [5.74, 6) is 0.320. The van der Waals surface area contributed by atoms with E-state index in [1.165, 1.54) is 17.4 Å². The van der Waals surface area contributed by atoms with Gasteiger partial charge in [-0.05, 0) is 50.0 Å². The van der Waals surface area contributed by atoms with Crippen molar-refractivity contribution < 1.29 is 13.9 Å². The van der Waals surface area contributed by atoms with Crippen molar-refractivity contribution in [1.29, 1.82) is 0 Å². The van der Waals surface area contributed by atoms with E-state index in [-0.39, 0.29) is 11.7 Å². The predicted octanol–water partition coefficient (Wildman–Crippen LogP) is 4.42. The molecule has 0 unspecified atom stereocenters. The van der Waals surface area contributed by atoms with Crippen LogP contribution in [0, 0.1) is 5.82 Å². The number of hydrogen-bond acceptors (Lipinski definition) is 4. The van der Waals surface area contributed by atoms with Crippen molar-refractivity contribution >= 4 is 17.2 Å². The fraction of sp³-hybridized carbons (Fsp3) is 0.227. The van der Waals surface area contributed by atoms with Gasteiger partial charge in [0, 0.05) is 23.5 Å². The third kappa shape index (κ3) is 5.41. The Morgan fingerprint density at radius 3 is 2.71 bits per heavy atom. The normalized spacial score (nSPS) is 10.9. The van der Waals surface area contributed by atoms with E-state index in [1.807, 2.05) is 38.4 Å². The predicted molar refractivity (Wildman–Crippen MR) is 111 cm³/mol. The van der Waals surface area contributed by atoms with Gasteiger partial charge in [0.05, 0.1) is 4.88 Å². The lowest BCUT2D eigenvalue weighted by atomic mass is 10.2. The number of thiophene rings is 1. The fourth-order valence-electron chi connectivity index (χ4n) is 2.63. The minimum absolute atomic E-state index is 0.175. The Hall–Kier alpha value is -2.70. The number of hydrogen-bond donors (Lipinski definition) is 1. The fourth-order valence-corrected chi connectivity index (χ4v) is 3.58. The first-order chi connectivity index (χ1) is 13.5. The second-order valence-corrected chi connectivity index (χ2v) is 7.71. The maximum atomic E-state index is 13.9. The summed E-state index contributed by atoms with van der Waals surface area (Å²) in [6.45, 7) is 1.84. The Bertz CT molecular complexity index is 940. The zero-order valence-electron chi connectivity index (χ0n) is 15.9. The summed E-state index contributed by atoms with van der Waals surface area (Å²) in [4.78, 5) is 15.8. The molecule has 0 saturated heterocycles. The first kappa shape index (κ1) is 20.0. The zero-order chi connectivity index (χ0) is 19.9. The van der Waals surface area contributed by atoms with Crippen LogP contribution in [0.15, 0.2) is 60.7 Å². The molecule has 1 amide bonds. The number of nitrogens with zero attached hydrogens (tertiary/aromatic N) is 1. The lowest BCUT2D eigenvalue weighted by molar-refractivity contribution is 0.0955. The highest BCUT2D eigenvalue weighted by Gasteiger charge is 2.12. The van der Waals surface area contributed by atoms with E-state index in [2.05, 4.69) is 10.2 Å². The van der Waals surface area contributed by atoms with E-state index in [0.717, 1.165) is 22.7 Å². The number of halogens is 1. The molecule has 0 aliphatic carbocycles. The molecule has 6 heteroatoms. The van der Waals surface area contributed by atoms with Crippen LogP contribution in [0.5, 0.6) is 5.75 Å². The lowest BCUT2D eigenvalue weighted by Crippen LogP contribution is -2.22. The van der Waals surface area contributed by atoms with Gasteiger partial charge >= 0.3 is 0 Å². The smallest absolute Gasteiger partial charge is 0.261 e. The molecule has 1 heterocycles. The first-order valence-electron chi connectivity index (χ1n) is 9.02. The molecule has 0 fully saturated rings. The molecule has 3 aromatic rings. The number of nitrogens with one attached hydrogen (secondary N) is 1. The van der Waals surface area contributed by atoms with Crippen molar-refractivity contribution in [3.8, 4) is 16.2 Å². The average Bonchev–Trinajstić information content (AvgIpc) is 3.16. The molecule has 146 valence electrons. The molecule has 0 atom stereocenters. The maximum absolute atomic E-state index is 13.9. The summed E-state index contributed by atoms with van der Waals surface area (Å²) < 4.78 is 19.6. The Morgan fingerprint density at radius 2 is 1.93 bits per heavy atom. The summed E-state index contributed by atoms with van der Waals surface area (Å²) >= 11 is 1.28. The Labute approximate surface area is 168 Å². The van der Waals surface area contributed by atoms with E-state index < -0.39 is 0 Å².